The monoisotopic (exact) mass is 383 g/mol. The van der Waals surface area contributed by atoms with E-state index < -0.39 is 0 Å². The van der Waals surface area contributed by atoms with E-state index in [4.69, 9.17) is 4.74 Å². The topological polar surface area (TPSA) is 71.5 Å². The molecule has 1 aliphatic rings. The summed E-state index contributed by atoms with van der Waals surface area (Å²) in [6.07, 6.45) is 4.08. The second-order valence-corrected chi connectivity index (χ2v) is 7.20. The zero-order valence-electron chi connectivity index (χ0n) is 17.1. The Kier molecular flexibility index (Phi) is 6.57. The minimum absolute atomic E-state index is 0.0798. The van der Waals surface area contributed by atoms with Crippen LogP contribution >= 0.6 is 0 Å². The highest BCUT2D eigenvalue weighted by atomic mass is 16.5. The molecule has 7 heteroatoms. The van der Waals surface area contributed by atoms with Crippen molar-refractivity contribution in [3.63, 3.8) is 0 Å². The second kappa shape index (κ2) is 9.10. The van der Waals surface area contributed by atoms with Crippen LogP contribution < -0.4 is 4.90 Å². The Morgan fingerprint density at radius 1 is 1.36 bits per heavy atom. The van der Waals surface area contributed by atoms with Crippen molar-refractivity contribution in [2.45, 2.75) is 45.3 Å². The summed E-state index contributed by atoms with van der Waals surface area (Å²) in [6, 6.07) is 7.97. The number of aryl methyl sites for hydroxylation is 1. The number of carbonyl (C=O) groups excluding carboxylic acids is 1. The van der Waals surface area contributed by atoms with Gasteiger partial charge >= 0.3 is 0 Å². The Hall–Kier alpha value is -2.54. The molecule has 3 heterocycles. The first-order valence-corrected chi connectivity index (χ1v) is 9.85. The third-order valence-electron chi connectivity index (χ3n) is 5.30. The van der Waals surface area contributed by atoms with E-state index in [1.54, 1.807) is 13.3 Å². The largest absolute Gasteiger partial charge is 0.372 e. The summed E-state index contributed by atoms with van der Waals surface area (Å²) in [7, 11) is 3.64. The van der Waals surface area contributed by atoms with Crippen molar-refractivity contribution in [1.82, 2.24) is 19.9 Å². The number of ether oxygens (including phenoxy) is 1. The Balaban J connectivity index is 1.79. The van der Waals surface area contributed by atoms with Gasteiger partial charge in [-0.1, -0.05) is 13.0 Å². The average Bonchev–Trinajstić information content (AvgIpc) is 2.74. The summed E-state index contributed by atoms with van der Waals surface area (Å²) >= 11 is 0. The molecule has 0 radical (unpaired) electrons. The number of anilines is 1. The van der Waals surface area contributed by atoms with Crippen LogP contribution in [0.25, 0.3) is 11.4 Å². The van der Waals surface area contributed by atoms with Crippen LogP contribution in [-0.4, -0.2) is 65.2 Å². The van der Waals surface area contributed by atoms with Crippen molar-refractivity contribution in [1.29, 1.82) is 0 Å². The number of rotatable bonds is 6. The van der Waals surface area contributed by atoms with Crippen molar-refractivity contribution in [2.75, 3.05) is 32.1 Å². The molecule has 1 saturated heterocycles. The highest BCUT2D eigenvalue weighted by Crippen LogP contribution is 2.24. The number of hydrogen-bond donors (Lipinski definition) is 0. The molecular formula is C21H29N5O2. The van der Waals surface area contributed by atoms with Gasteiger partial charge in [0, 0.05) is 45.6 Å². The van der Waals surface area contributed by atoms with Gasteiger partial charge in [-0.05, 0) is 38.3 Å². The van der Waals surface area contributed by atoms with Crippen LogP contribution in [0.5, 0.6) is 0 Å². The number of methoxy groups -OCH3 is 1. The first-order chi connectivity index (χ1) is 13.5. The van der Waals surface area contributed by atoms with Gasteiger partial charge in [0.15, 0.2) is 0 Å². The minimum atomic E-state index is -0.360. The van der Waals surface area contributed by atoms with Crippen molar-refractivity contribution in [2.24, 2.45) is 0 Å². The minimum Gasteiger partial charge on any atom is -0.372 e. The molecule has 0 bridgehead atoms. The van der Waals surface area contributed by atoms with E-state index in [1.807, 2.05) is 50.1 Å². The fourth-order valence-corrected chi connectivity index (χ4v) is 3.68. The van der Waals surface area contributed by atoms with Crippen molar-refractivity contribution < 1.29 is 9.53 Å². The van der Waals surface area contributed by atoms with E-state index in [-0.39, 0.29) is 18.1 Å². The van der Waals surface area contributed by atoms with E-state index in [9.17, 15) is 4.79 Å². The number of hydrogen-bond acceptors (Lipinski definition) is 6. The third-order valence-corrected chi connectivity index (χ3v) is 5.30. The normalized spacial score (nSPS) is 18.0. The zero-order valence-corrected chi connectivity index (χ0v) is 17.1. The summed E-state index contributed by atoms with van der Waals surface area (Å²) < 4.78 is 5.34. The molecule has 0 aliphatic carbocycles. The molecule has 3 rings (SSSR count). The van der Waals surface area contributed by atoms with Gasteiger partial charge in [-0.3, -0.25) is 9.78 Å². The molecule has 1 amide bonds. The summed E-state index contributed by atoms with van der Waals surface area (Å²) in [5.41, 5.74) is 1.64. The smallest absolute Gasteiger partial charge is 0.251 e. The molecule has 0 saturated carbocycles. The lowest BCUT2D eigenvalue weighted by molar-refractivity contribution is -0.143. The van der Waals surface area contributed by atoms with Gasteiger partial charge in [0.25, 0.3) is 5.91 Å². The molecule has 0 aromatic carbocycles. The molecule has 2 unspecified atom stereocenters. The van der Waals surface area contributed by atoms with Crippen molar-refractivity contribution >= 4 is 11.7 Å². The summed E-state index contributed by atoms with van der Waals surface area (Å²) in [5.74, 6) is 1.64. The Morgan fingerprint density at radius 2 is 2.18 bits per heavy atom. The number of amides is 1. The molecule has 7 nitrogen and oxygen atoms in total. The fraction of sp³-hybridized carbons (Fsp3) is 0.524. The molecule has 28 heavy (non-hydrogen) atoms. The van der Waals surface area contributed by atoms with Crippen LogP contribution in [0, 0.1) is 6.92 Å². The van der Waals surface area contributed by atoms with E-state index >= 15 is 0 Å². The highest BCUT2D eigenvalue weighted by Gasteiger charge is 2.30. The van der Waals surface area contributed by atoms with E-state index in [2.05, 4.69) is 19.9 Å². The molecule has 150 valence electrons. The maximum absolute atomic E-state index is 12.7. The lowest BCUT2D eigenvalue weighted by Gasteiger charge is -2.39. The van der Waals surface area contributed by atoms with Crippen LogP contribution in [0.3, 0.4) is 0 Å². The lowest BCUT2D eigenvalue weighted by atomic mass is 10.0. The van der Waals surface area contributed by atoms with E-state index in [1.165, 1.54) is 0 Å². The predicted octanol–water partition coefficient (Wildman–Crippen LogP) is 2.70. The standard InChI is InChI=1S/C21H29N5O2/c1-5-19(28-4)21(27)26-12-8-9-16(14-26)25(3)20-13-18(23-15(2)24-20)17-10-6-7-11-22-17/h6-7,10-11,13,16,19H,5,8-9,12,14H2,1-4H3. The quantitative estimate of drug-likeness (QED) is 0.764. The molecule has 1 aliphatic heterocycles. The van der Waals surface area contributed by atoms with Crippen LogP contribution in [0.1, 0.15) is 32.0 Å². The van der Waals surface area contributed by atoms with Gasteiger partial charge in [0.2, 0.25) is 0 Å². The summed E-state index contributed by atoms with van der Waals surface area (Å²) in [5, 5.41) is 0. The number of nitrogens with zero attached hydrogens (tertiary/aromatic N) is 5. The number of carbonyl (C=O) groups is 1. The van der Waals surface area contributed by atoms with Gasteiger partial charge in [0.05, 0.1) is 11.4 Å². The van der Waals surface area contributed by atoms with Crippen LogP contribution in [-0.2, 0) is 9.53 Å². The predicted molar refractivity (Wildman–Crippen MR) is 109 cm³/mol. The van der Waals surface area contributed by atoms with Gasteiger partial charge in [-0.2, -0.15) is 0 Å². The average molecular weight is 383 g/mol. The van der Waals surface area contributed by atoms with Crippen LogP contribution in [0.4, 0.5) is 5.82 Å². The number of pyridine rings is 1. The number of likely N-dealkylation sites (N-methyl/N-ethyl adjacent to an activating group) is 1. The Morgan fingerprint density at radius 3 is 2.86 bits per heavy atom. The molecular weight excluding hydrogens is 354 g/mol. The maximum Gasteiger partial charge on any atom is 0.251 e. The SMILES string of the molecule is CCC(OC)C(=O)N1CCCC(N(C)c2cc(-c3ccccn3)nc(C)n2)C1. The summed E-state index contributed by atoms with van der Waals surface area (Å²) in [6.45, 7) is 5.33. The van der Waals surface area contributed by atoms with E-state index in [0.29, 0.717) is 18.8 Å². The lowest BCUT2D eigenvalue weighted by Crippen LogP contribution is -2.51. The first kappa shape index (κ1) is 20.2. The summed E-state index contributed by atoms with van der Waals surface area (Å²) in [4.78, 5) is 30.4. The highest BCUT2D eigenvalue weighted by molar-refractivity contribution is 5.81. The molecule has 1 fully saturated rings. The molecule has 0 N–H and O–H groups in total. The Labute approximate surface area is 166 Å². The van der Waals surface area contributed by atoms with Gasteiger partial charge in [-0.25, -0.2) is 9.97 Å². The molecule has 2 aromatic rings. The van der Waals surface area contributed by atoms with Crippen molar-refractivity contribution in [3.8, 4) is 11.4 Å². The van der Waals surface area contributed by atoms with Crippen molar-refractivity contribution in [3.05, 3.63) is 36.3 Å². The Bertz CT molecular complexity index is 795. The first-order valence-electron chi connectivity index (χ1n) is 9.85. The van der Waals surface area contributed by atoms with Crippen LogP contribution in [0.2, 0.25) is 0 Å². The van der Waals surface area contributed by atoms with Crippen LogP contribution in [0.15, 0.2) is 30.5 Å². The number of likely N-dealkylation sites (tertiary alicyclic amines) is 1. The molecule has 0 spiro atoms. The second-order valence-electron chi connectivity index (χ2n) is 7.20. The van der Waals surface area contributed by atoms with E-state index in [0.717, 1.165) is 36.6 Å². The van der Waals surface area contributed by atoms with Gasteiger partial charge < -0.3 is 14.5 Å². The third kappa shape index (κ3) is 4.47. The zero-order chi connectivity index (χ0) is 20.1. The van der Waals surface area contributed by atoms with Gasteiger partial charge in [0.1, 0.15) is 17.7 Å². The fourth-order valence-electron chi connectivity index (χ4n) is 3.68. The molecule has 2 atom stereocenters. The number of aromatic nitrogens is 3. The maximum atomic E-state index is 12.7. The van der Waals surface area contributed by atoms with Gasteiger partial charge in [-0.15, -0.1) is 0 Å². The number of piperidine rings is 1. The molecule has 2 aromatic heterocycles.